The average molecular weight is 242 g/mol. The summed E-state index contributed by atoms with van der Waals surface area (Å²) in [6.07, 6.45) is 2.59. The van der Waals surface area contributed by atoms with Crippen molar-refractivity contribution in [1.29, 1.82) is 0 Å². The maximum absolute atomic E-state index is 12.9. The predicted molar refractivity (Wildman–Crippen MR) is 66.0 cm³/mol. The molecule has 1 aromatic carbocycles. The zero-order valence-corrected chi connectivity index (χ0v) is 9.89. The molecule has 1 unspecified atom stereocenters. The second kappa shape index (κ2) is 6.37. The number of carbonyl (C=O) groups is 1. The SMILES string of the molecule is CSCCC(Nc1cccc(F)c1)C(N)=O. The van der Waals surface area contributed by atoms with E-state index in [2.05, 4.69) is 5.32 Å². The van der Waals surface area contributed by atoms with E-state index in [-0.39, 0.29) is 5.82 Å². The Labute approximate surface area is 98.6 Å². The molecule has 0 heterocycles. The molecule has 88 valence electrons. The third-order valence-corrected chi connectivity index (χ3v) is 2.76. The number of anilines is 1. The Kier molecular flexibility index (Phi) is 5.11. The van der Waals surface area contributed by atoms with E-state index >= 15 is 0 Å². The highest BCUT2D eigenvalue weighted by molar-refractivity contribution is 7.98. The summed E-state index contributed by atoms with van der Waals surface area (Å²) < 4.78 is 12.9. The third-order valence-electron chi connectivity index (χ3n) is 2.12. The van der Waals surface area contributed by atoms with Crippen LogP contribution in [0.25, 0.3) is 0 Å². The van der Waals surface area contributed by atoms with E-state index in [4.69, 9.17) is 5.73 Å². The Bertz CT molecular complexity index is 360. The van der Waals surface area contributed by atoms with E-state index in [0.29, 0.717) is 12.1 Å². The van der Waals surface area contributed by atoms with Gasteiger partial charge in [-0.15, -0.1) is 0 Å². The third kappa shape index (κ3) is 4.10. The monoisotopic (exact) mass is 242 g/mol. The Balaban J connectivity index is 2.64. The van der Waals surface area contributed by atoms with Gasteiger partial charge in [-0.2, -0.15) is 11.8 Å². The summed E-state index contributed by atoms with van der Waals surface area (Å²) in [4.78, 5) is 11.2. The van der Waals surface area contributed by atoms with E-state index in [1.54, 1.807) is 23.9 Å². The summed E-state index contributed by atoms with van der Waals surface area (Å²) >= 11 is 1.64. The number of carbonyl (C=O) groups excluding carboxylic acids is 1. The number of hydrogen-bond acceptors (Lipinski definition) is 3. The molecule has 16 heavy (non-hydrogen) atoms. The van der Waals surface area contributed by atoms with E-state index in [9.17, 15) is 9.18 Å². The number of primary amides is 1. The lowest BCUT2D eigenvalue weighted by Gasteiger charge is -2.16. The second-order valence-corrected chi connectivity index (χ2v) is 4.38. The van der Waals surface area contributed by atoms with Crippen molar-refractivity contribution in [2.75, 3.05) is 17.3 Å². The van der Waals surface area contributed by atoms with Gasteiger partial charge in [-0.25, -0.2) is 4.39 Å². The van der Waals surface area contributed by atoms with Crippen LogP contribution in [-0.4, -0.2) is 24.0 Å². The Morgan fingerprint density at radius 3 is 2.94 bits per heavy atom. The first kappa shape index (κ1) is 12.8. The van der Waals surface area contributed by atoms with E-state index in [0.717, 1.165) is 5.75 Å². The molecular formula is C11H15FN2OS. The number of nitrogens with two attached hydrogens (primary N) is 1. The lowest BCUT2D eigenvalue weighted by atomic mass is 10.2. The Hall–Kier alpha value is -1.23. The van der Waals surface area contributed by atoms with Gasteiger partial charge in [-0.05, 0) is 36.6 Å². The smallest absolute Gasteiger partial charge is 0.239 e. The van der Waals surface area contributed by atoms with Gasteiger partial charge in [0.1, 0.15) is 11.9 Å². The van der Waals surface area contributed by atoms with Crippen LogP contribution in [0.15, 0.2) is 24.3 Å². The number of amides is 1. The normalized spacial score (nSPS) is 12.1. The number of rotatable bonds is 6. The number of nitrogens with one attached hydrogen (secondary N) is 1. The average Bonchev–Trinajstić information content (AvgIpc) is 2.24. The van der Waals surface area contributed by atoms with Crippen molar-refractivity contribution >= 4 is 23.4 Å². The molecule has 0 spiro atoms. The summed E-state index contributed by atoms with van der Waals surface area (Å²) in [5.41, 5.74) is 5.83. The molecule has 1 amide bonds. The second-order valence-electron chi connectivity index (χ2n) is 3.39. The van der Waals surface area contributed by atoms with Crippen molar-refractivity contribution in [3.05, 3.63) is 30.1 Å². The highest BCUT2D eigenvalue weighted by Gasteiger charge is 2.14. The Morgan fingerprint density at radius 1 is 1.62 bits per heavy atom. The van der Waals surface area contributed by atoms with Crippen molar-refractivity contribution in [1.82, 2.24) is 0 Å². The summed E-state index contributed by atoms with van der Waals surface area (Å²) in [6, 6.07) is 5.54. The molecule has 0 aliphatic heterocycles. The molecule has 1 aromatic rings. The van der Waals surface area contributed by atoms with Crippen LogP contribution in [-0.2, 0) is 4.79 Å². The molecule has 0 saturated carbocycles. The lowest BCUT2D eigenvalue weighted by molar-refractivity contribution is -0.118. The van der Waals surface area contributed by atoms with Crippen molar-refractivity contribution < 1.29 is 9.18 Å². The largest absolute Gasteiger partial charge is 0.374 e. The molecule has 3 N–H and O–H groups in total. The molecule has 1 rings (SSSR count). The lowest BCUT2D eigenvalue weighted by Crippen LogP contribution is -2.35. The van der Waals surface area contributed by atoms with Crippen LogP contribution in [0.4, 0.5) is 10.1 Å². The maximum atomic E-state index is 12.9. The topological polar surface area (TPSA) is 55.1 Å². The van der Waals surface area contributed by atoms with Crippen molar-refractivity contribution in [3.63, 3.8) is 0 Å². The van der Waals surface area contributed by atoms with Crippen LogP contribution < -0.4 is 11.1 Å². The van der Waals surface area contributed by atoms with E-state index < -0.39 is 11.9 Å². The molecule has 0 aliphatic carbocycles. The minimum absolute atomic E-state index is 0.335. The zero-order valence-electron chi connectivity index (χ0n) is 9.07. The molecule has 0 saturated heterocycles. The van der Waals surface area contributed by atoms with Gasteiger partial charge in [0.15, 0.2) is 0 Å². The van der Waals surface area contributed by atoms with Crippen LogP contribution in [0.1, 0.15) is 6.42 Å². The van der Waals surface area contributed by atoms with Crippen LogP contribution in [0.3, 0.4) is 0 Å². The first-order valence-corrected chi connectivity index (χ1v) is 6.33. The highest BCUT2D eigenvalue weighted by atomic mass is 32.2. The van der Waals surface area contributed by atoms with Gasteiger partial charge in [0, 0.05) is 5.69 Å². The van der Waals surface area contributed by atoms with Gasteiger partial charge < -0.3 is 11.1 Å². The highest BCUT2D eigenvalue weighted by Crippen LogP contribution is 2.12. The quantitative estimate of drug-likeness (QED) is 0.800. The van der Waals surface area contributed by atoms with Crippen molar-refractivity contribution in [3.8, 4) is 0 Å². The fourth-order valence-electron chi connectivity index (χ4n) is 1.30. The van der Waals surface area contributed by atoms with Crippen LogP contribution in [0.2, 0.25) is 0 Å². The van der Waals surface area contributed by atoms with Crippen LogP contribution in [0.5, 0.6) is 0 Å². The maximum Gasteiger partial charge on any atom is 0.239 e. The minimum atomic E-state index is -0.450. The van der Waals surface area contributed by atoms with Crippen molar-refractivity contribution in [2.45, 2.75) is 12.5 Å². The van der Waals surface area contributed by atoms with E-state index in [1.807, 2.05) is 6.26 Å². The van der Waals surface area contributed by atoms with Gasteiger partial charge in [-0.1, -0.05) is 6.07 Å². The first-order chi connectivity index (χ1) is 7.63. The van der Waals surface area contributed by atoms with Crippen LogP contribution >= 0.6 is 11.8 Å². The van der Waals surface area contributed by atoms with Gasteiger partial charge in [-0.3, -0.25) is 4.79 Å². The zero-order chi connectivity index (χ0) is 12.0. The molecule has 0 radical (unpaired) electrons. The number of halogens is 1. The van der Waals surface area contributed by atoms with Crippen LogP contribution in [0, 0.1) is 5.82 Å². The van der Waals surface area contributed by atoms with Gasteiger partial charge in [0.05, 0.1) is 0 Å². The molecule has 1 atom stereocenters. The number of thioether (sulfide) groups is 1. The Morgan fingerprint density at radius 2 is 2.38 bits per heavy atom. The molecule has 0 fully saturated rings. The minimum Gasteiger partial charge on any atom is -0.374 e. The molecule has 0 aliphatic rings. The van der Waals surface area contributed by atoms with E-state index in [1.165, 1.54) is 12.1 Å². The molecule has 5 heteroatoms. The summed E-state index contributed by atoms with van der Waals surface area (Å²) in [7, 11) is 0. The van der Waals surface area contributed by atoms with Crippen molar-refractivity contribution in [2.24, 2.45) is 5.73 Å². The number of benzene rings is 1. The van der Waals surface area contributed by atoms with Gasteiger partial charge in [0.2, 0.25) is 5.91 Å². The standard InChI is InChI=1S/C11H15FN2OS/c1-16-6-5-10(11(13)15)14-9-4-2-3-8(12)7-9/h2-4,7,10,14H,5-6H2,1H3,(H2,13,15). The molecule has 3 nitrogen and oxygen atoms in total. The fourth-order valence-corrected chi connectivity index (χ4v) is 1.77. The molecule has 0 bridgehead atoms. The first-order valence-electron chi connectivity index (χ1n) is 4.94. The van der Waals surface area contributed by atoms with Gasteiger partial charge in [0.25, 0.3) is 0 Å². The molecule has 0 aromatic heterocycles. The fraction of sp³-hybridized carbons (Fsp3) is 0.364. The summed E-state index contributed by atoms with van der Waals surface area (Å²) in [5, 5.41) is 2.93. The number of hydrogen-bond donors (Lipinski definition) is 2. The predicted octanol–water partition coefficient (Wildman–Crippen LogP) is 1.84. The summed E-state index contributed by atoms with van der Waals surface area (Å²) in [6.45, 7) is 0. The van der Waals surface area contributed by atoms with Gasteiger partial charge >= 0.3 is 0 Å². The molecular weight excluding hydrogens is 227 g/mol. The summed E-state index contributed by atoms with van der Waals surface area (Å²) in [5.74, 6) is 0.0760.